The zero-order valence-corrected chi connectivity index (χ0v) is 15.5. The van der Waals surface area contributed by atoms with Crippen molar-refractivity contribution in [3.8, 4) is 5.75 Å². The van der Waals surface area contributed by atoms with Gasteiger partial charge in [0.05, 0.1) is 12.8 Å². The molecule has 1 aromatic carbocycles. The lowest BCUT2D eigenvalue weighted by Gasteiger charge is -2.30. The highest BCUT2D eigenvalue weighted by Crippen LogP contribution is 2.24. The number of hydrogen-bond donors (Lipinski definition) is 1. The Bertz CT molecular complexity index is 684. The minimum atomic E-state index is -0.128. The quantitative estimate of drug-likeness (QED) is 0.881. The molecule has 2 amide bonds. The van der Waals surface area contributed by atoms with Crippen molar-refractivity contribution in [2.75, 3.05) is 13.7 Å². The fourth-order valence-corrected chi connectivity index (χ4v) is 3.63. The lowest BCUT2D eigenvalue weighted by Crippen LogP contribution is -2.46. The van der Waals surface area contributed by atoms with Crippen LogP contribution in [0.15, 0.2) is 29.4 Å². The first kappa shape index (κ1) is 18.4. The van der Waals surface area contributed by atoms with E-state index in [9.17, 15) is 9.59 Å². The van der Waals surface area contributed by atoms with E-state index < -0.39 is 0 Å². The summed E-state index contributed by atoms with van der Waals surface area (Å²) in [7, 11) is 1.62. The molecule has 3 rings (SSSR count). The molecule has 1 aliphatic carbocycles. The van der Waals surface area contributed by atoms with E-state index in [1.807, 2.05) is 24.3 Å². The number of amides is 2. The van der Waals surface area contributed by atoms with Gasteiger partial charge in [-0.25, -0.2) is 5.01 Å². The van der Waals surface area contributed by atoms with E-state index in [2.05, 4.69) is 17.3 Å². The number of ether oxygens (including phenoxy) is 1. The maximum absolute atomic E-state index is 12.4. The van der Waals surface area contributed by atoms with Gasteiger partial charge in [0.1, 0.15) is 12.3 Å². The summed E-state index contributed by atoms with van der Waals surface area (Å²) >= 11 is 0. The van der Waals surface area contributed by atoms with Gasteiger partial charge in [-0.3, -0.25) is 9.59 Å². The minimum absolute atomic E-state index is 0.0122. The summed E-state index contributed by atoms with van der Waals surface area (Å²) in [5, 5.41) is 8.84. The van der Waals surface area contributed by atoms with Crippen molar-refractivity contribution in [1.82, 2.24) is 10.3 Å². The number of benzene rings is 1. The van der Waals surface area contributed by atoms with Crippen LogP contribution < -0.4 is 10.1 Å². The number of nitrogens with one attached hydrogen (secondary N) is 1. The monoisotopic (exact) mass is 357 g/mol. The molecule has 1 saturated carbocycles. The molecule has 26 heavy (non-hydrogen) atoms. The molecule has 6 nitrogen and oxygen atoms in total. The second kappa shape index (κ2) is 8.34. The maximum Gasteiger partial charge on any atom is 0.243 e. The fraction of sp³-hybridized carbons (Fsp3) is 0.550. The van der Waals surface area contributed by atoms with Gasteiger partial charge in [-0.15, -0.1) is 0 Å². The standard InChI is InChI=1S/C20H27N3O3/c1-14-5-3-4-6-17(14)21-19(24)13-23-20(25)12-11-18(22-23)15-7-9-16(26-2)10-8-15/h7-10,14,17H,3-6,11-13H2,1-2H3,(H,21,24). The summed E-state index contributed by atoms with van der Waals surface area (Å²) < 4.78 is 5.17. The summed E-state index contributed by atoms with van der Waals surface area (Å²) in [5.41, 5.74) is 1.77. The van der Waals surface area contributed by atoms with E-state index in [-0.39, 0.29) is 24.4 Å². The number of hydrazone groups is 1. The third-order valence-electron chi connectivity index (χ3n) is 5.28. The molecule has 1 aromatic rings. The lowest BCUT2D eigenvalue weighted by atomic mass is 9.86. The number of hydrogen-bond acceptors (Lipinski definition) is 4. The van der Waals surface area contributed by atoms with Crippen molar-refractivity contribution in [3.05, 3.63) is 29.8 Å². The Hall–Kier alpha value is -2.37. The van der Waals surface area contributed by atoms with Crippen LogP contribution in [-0.2, 0) is 9.59 Å². The highest BCUT2D eigenvalue weighted by atomic mass is 16.5. The molecule has 2 aliphatic rings. The first-order valence-electron chi connectivity index (χ1n) is 9.38. The zero-order chi connectivity index (χ0) is 18.5. The van der Waals surface area contributed by atoms with Gasteiger partial charge in [0.2, 0.25) is 11.8 Å². The maximum atomic E-state index is 12.4. The number of methoxy groups -OCH3 is 1. The average Bonchev–Trinajstić information content (AvgIpc) is 2.65. The first-order valence-corrected chi connectivity index (χ1v) is 9.38. The normalized spacial score (nSPS) is 23.4. The molecule has 1 fully saturated rings. The summed E-state index contributed by atoms with van der Waals surface area (Å²) in [6.07, 6.45) is 5.50. The average molecular weight is 357 g/mol. The highest BCUT2D eigenvalue weighted by molar-refractivity contribution is 6.04. The van der Waals surface area contributed by atoms with Crippen molar-refractivity contribution in [2.24, 2.45) is 11.0 Å². The molecule has 0 aromatic heterocycles. The molecule has 6 heteroatoms. The van der Waals surface area contributed by atoms with Crippen LogP contribution in [-0.4, -0.2) is 42.2 Å². The Kier molecular flexibility index (Phi) is 5.91. The van der Waals surface area contributed by atoms with Crippen LogP contribution in [0.1, 0.15) is 51.0 Å². The molecule has 0 radical (unpaired) electrons. The fourth-order valence-electron chi connectivity index (χ4n) is 3.63. The largest absolute Gasteiger partial charge is 0.497 e. The molecule has 0 bridgehead atoms. The molecular formula is C20H27N3O3. The molecule has 2 atom stereocenters. The Morgan fingerprint density at radius 1 is 1.23 bits per heavy atom. The molecule has 0 saturated heterocycles. The third-order valence-corrected chi connectivity index (χ3v) is 5.28. The third kappa shape index (κ3) is 4.42. The van der Waals surface area contributed by atoms with Gasteiger partial charge >= 0.3 is 0 Å². The number of nitrogens with zero attached hydrogens (tertiary/aromatic N) is 2. The van der Waals surface area contributed by atoms with E-state index in [0.29, 0.717) is 18.8 Å². The predicted octanol–water partition coefficient (Wildman–Crippen LogP) is 2.72. The van der Waals surface area contributed by atoms with Crippen molar-refractivity contribution >= 4 is 17.5 Å². The summed E-state index contributed by atoms with van der Waals surface area (Å²) in [6.45, 7) is 2.16. The van der Waals surface area contributed by atoms with Gasteiger partial charge in [-0.05, 0) is 48.6 Å². The van der Waals surface area contributed by atoms with Crippen LogP contribution in [0.25, 0.3) is 0 Å². The zero-order valence-electron chi connectivity index (χ0n) is 15.5. The van der Waals surface area contributed by atoms with Crippen LogP contribution >= 0.6 is 0 Å². The van der Waals surface area contributed by atoms with Crippen molar-refractivity contribution < 1.29 is 14.3 Å². The summed E-state index contributed by atoms with van der Waals surface area (Å²) in [4.78, 5) is 24.6. The van der Waals surface area contributed by atoms with E-state index in [0.717, 1.165) is 36.3 Å². The minimum Gasteiger partial charge on any atom is -0.497 e. The molecule has 1 aliphatic heterocycles. The van der Waals surface area contributed by atoms with Crippen molar-refractivity contribution in [3.63, 3.8) is 0 Å². The molecule has 0 spiro atoms. The number of rotatable bonds is 5. The topological polar surface area (TPSA) is 71.0 Å². The second-order valence-electron chi connectivity index (χ2n) is 7.16. The number of carbonyl (C=O) groups is 2. The van der Waals surface area contributed by atoms with Gasteiger partial charge < -0.3 is 10.1 Å². The van der Waals surface area contributed by atoms with Gasteiger partial charge in [0.15, 0.2) is 0 Å². The molecule has 140 valence electrons. The van der Waals surface area contributed by atoms with Gasteiger partial charge in [0, 0.05) is 18.9 Å². The highest BCUT2D eigenvalue weighted by Gasteiger charge is 2.26. The van der Waals surface area contributed by atoms with Crippen molar-refractivity contribution in [1.29, 1.82) is 0 Å². The smallest absolute Gasteiger partial charge is 0.243 e. The Morgan fingerprint density at radius 3 is 2.65 bits per heavy atom. The van der Waals surface area contributed by atoms with Gasteiger partial charge in [-0.1, -0.05) is 19.8 Å². The van der Waals surface area contributed by atoms with Crippen LogP contribution in [0.3, 0.4) is 0 Å². The Morgan fingerprint density at radius 2 is 1.96 bits per heavy atom. The van der Waals surface area contributed by atoms with Crippen molar-refractivity contribution in [2.45, 2.75) is 51.5 Å². The van der Waals surface area contributed by atoms with Gasteiger partial charge in [-0.2, -0.15) is 5.10 Å². The van der Waals surface area contributed by atoms with Crippen LogP contribution in [0.4, 0.5) is 0 Å². The van der Waals surface area contributed by atoms with Gasteiger partial charge in [0.25, 0.3) is 0 Å². The molecule has 2 unspecified atom stereocenters. The summed E-state index contributed by atoms with van der Waals surface area (Å²) in [6, 6.07) is 7.80. The lowest BCUT2D eigenvalue weighted by molar-refractivity contribution is -0.136. The first-order chi connectivity index (χ1) is 12.6. The predicted molar refractivity (Wildman–Crippen MR) is 100 cm³/mol. The van der Waals surface area contributed by atoms with Crippen LogP contribution in [0, 0.1) is 5.92 Å². The molecule has 1 N–H and O–H groups in total. The Labute approximate surface area is 154 Å². The molecular weight excluding hydrogens is 330 g/mol. The molecule has 1 heterocycles. The van der Waals surface area contributed by atoms with E-state index in [1.165, 1.54) is 11.4 Å². The van der Waals surface area contributed by atoms with Crippen LogP contribution in [0.2, 0.25) is 0 Å². The number of carbonyl (C=O) groups excluding carboxylic acids is 2. The SMILES string of the molecule is COc1ccc(C2=NN(CC(=O)NC3CCCCC3C)C(=O)CC2)cc1. The van der Waals surface area contributed by atoms with E-state index in [1.54, 1.807) is 7.11 Å². The summed E-state index contributed by atoms with van der Waals surface area (Å²) in [5.74, 6) is 1.04. The Balaban J connectivity index is 1.65. The van der Waals surface area contributed by atoms with Crippen LogP contribution in [0.5, 0.6) is 5.75 Å². The van der Waals surface area contributed by atoms with E-state index >= 15 is 0 Å². The van der Waals surface area contributed by atoms with E-state index in [4.69, 9.17) is 4.74 Å². The second-order valence-corrected chi connectivity index (χ2v) is 7.16.